The molecule has 0 bridgehead atoms. The van der Waals surface area contributed by atoms with E-state index < -0.39 is 0 Å². The van der Waals surface area contributed by atoms with Crippen LogP contribution in [-0.4, -0.2) is 0 Å². The van der Waals surface area contributed by atoms with Crippen molar-refractivity contribution in [1.29, 1.82) is 0 Å². The second-order valence-electron chi connectivity index (χ2n) is 3.53. The second-order valence-corrected chi connectivity index (χ2v) is 5.57. The fourth-order valence-corrected chi connectivity index (χ4v) is 2.73. The van der Waals surface area contributed by atoms with Gasteiger partial charge >= 0.3 is 0 Å². The Kier molecular flexibility index (Phi) is 4.21. The van der Waals surface area contributed by atoms with E-state index in [0.29, 0.717) is 0 Å². The van der Waals surface area contributed by atoms with Crippen LogP contribution >= 0.6 is 27.3 Å². The molecule has 0 unspecified atom stereocenters. The van der Waals surface area contributed by atoms with Gasteiger partial charge in [-0.15, -0.1) is 11.3 Å². The molecular formula is C12H14BrNOS. The molecule has 2 heterocycles. The third-order valence-electron chi connectivity index (χ3n) is 2.29. The Bertz CT molecular complexity index is 449. The summed E-state index contributed by atoms with van der Waals surface area (Å²) in [7, 11) is 0. The largest absolute Gasteiger partial charge is 0.453 e. The minimum atomic E-state index is 0.769. The van der Waals surface area contributed by atoms with Crippen LogP contribution < -0.4 is 5.32 Å². The lowest BCUT2D eigenvalue weighted by Gasteiger charge is -1.99. The zero-order chi connectivity index (χ0) is 11.4. The number of rotatable bonds is 5. The van der Waals surface area contributed by atoms with Crippen LogP contribution in [0.2, 0.25) is 0 Å². The van der Waals surface area contributed by atoms with Gasteiger partial charge in [0.15, 0.2) is 4.67 Å². The van der Waals surface area contributed by atoms with Crippen molar-refractivity contribution in [2.75, 3.05) is 0 Å². The maximum Gasteiger partial charge on any atom is 0.169 e. The Labute approximate surface area is 108 Å². The molecule has 2 rings (SSSR count). The average molecular weight is 300 g/mol. The summed E-state index contributed by atoms with van der Waals surface area (Å²) in [5.74, 6) is 0.958. The Morgan fingerprint density at radius 3 is 2.62 bits per heavy atom. The Morgan fingerprint density at radius 1 is 1.19 bits per heavy atom. The normalized spacial score (nSPS) is 10.9. The van der Waals surface area contributed by atoms with Crippen LogP contribution in [0.15, 0.2) is 33.4 Å². The molecule has 0 radical (unpaired) electrons. The number of halogens is 1. The first-order valence-electron chi connectivity index (χ1n) is 5.30. The SMILES string of the molecule is CCc1ccc(CNCc2ccc(Br)o2)s1. The number of nitrogens with one attached hydrogen (secondary N) is 1. The molecule has 0 spiro atoms. The highest BCUT2D eigenvalue weighted by atomic mass is 79.9. The van der Waals surface area contributed by atoms with E-state index in [-0.39, 0.29) is 0 Å². The first-order valence-corrected chi connectivity index (χ1v) is 6.91. The zero-order valence-corrected chi connectivity index (χ0v) is 11.5. The molecule has 2 nitrogen and oxygen atoms in total. The van der Waals surface area contributed by atoms with Crippen molar-refractivity contribution in [2.24, 2.45) is 0 Å². The van der Waals surface area contributed by atoms with Crippen molar-refractivity contribution >= 4 is 27.3 Å². The van der Waals surface area contributed by atoms with E-state index in [9.17, 15) is 0 Å². The van der Waals surface area contributed by atoms with Gasteiger partial charge < -0.3 is 9.73 Å². The van der Waals surface area contributed by atoms with Crippen molar-refractivity contribution in [2.45, 2.75) is 26.4 Å². The minimum absolute atomic E-state index is 0.769. The fourth-order valence-electron chi connectivity index (χ4n) is 1.46. The van der Waals surface area contributed by atoms with Gasteiger partial charge in [0.25, 0.3) is 0 Å². The van der Waals surface area contributed by atoms with Crippen molar-refractivity contribution in [3.8, 4) is 0 Å². The summed E-state index contributed by atoms with van der Waals surface area (Å²) in [6.07, 6.45) is 1.12. The van der Waals surface area contributed by atoms with E-state index in [0.717, 1.165) is 29.9 Å². The zero-order valence-electron chi connectivity index (χ0n) is 9.13. The predicted octanol–water partition coefficient (Wildman–Crippen LogP) is 3.96. The fraction of sp³-hybridized carbons (Fsp3) is 0.333. The summed E-state index contributed by atoms with van der Waals surface area (Å²) in [6.45, 7) is 3.86. The van der Waals surface area contributed by atoms with Crippen LogP contribution in [0.5, 0.6) is 0 Å². The maximum atomic E-state index is 5.41. The quantitative estimate of drug-likeness (QED) is 0.904. The van der Waals surface area contributed by atoms with E-state index in [4.69, 9.17) is 4.42 Å². The molecule has 0 fully saturated rings. The van der Waals surface area contributed by atoms with Crippen molar-refractivity contribution in [3.63, 3.8) is 0 Å². The molecule has 0 atom stereocenters. The maximum absolute atomic E-state index is 5.41. The van der Waals surface area contributed by atoms with Crippen LogP contribution in [0.1, 0.15) is 22.4 Å². The molecule has 0 saturated carbocycles. The number of thiophene rings is 1. The lowest BCUT2D eigenvalue weighted by atomic mass is 10.3. The van der Waals surface area contributed by atoms with Gasteiger partial charge in [0.2, 0.25) is 0 Å². The van der Waals surface area contributed by atoms with Crippen molar-refractivity contribution in [3.05, 3.63) is 44.4 Å². The number of hydrogen-bond acceptors (Lipinski definition) is 3. The van der Waals surface area contributed by atoms with Gasteiger partial charge in [0, 0.05) is 16.3 Å². The van der Waals surface area contributed by atoms with Gasteiger partial charge in [-0.1, -0.05) is 6.92 Å². The number of aryl methyl sites for hydroxylation is 1. The first kappa shape index (κ1) is 11.9. The van der Waals surface area contributed by atoms with Crippen molar-refractivity contribution in [1.82, 2.24) is 5.32 Å². The van der Waals surface area contributed by atoms with Gasteiger partial charge in [-0.05, 0) is 46.6 Å². The van der Waals surface area contributed by atoms with E-state index in [2.05, 4.69) is 40.3 Å². The molecule has 2 aromatic rings. The molecule has 4 heteroatoms. The third kappa shape index (κ3) is 3.20. The summed E-state index contributed by atoms with van der Waals surface area (Å²) in [4.78, 5) is 2.82. The summed E-state index contributed by atoms with van der Waals surface area (Å²) in [6, 6.07) is 8.28. The van der Waals surface area contributed by atoms with Gasteiger partial charge in [0.1, 0.15) is 5.76 Å². The van der Waals surface area contributed by atoms with E-state index in [1.54, 1.807) is 0 Å². The number of furan rings is 1. The summed E-state index contributed by atoms with van der Waals surface area (Å²) < 4.78 is 6.19. The molecule has 0 aliphatic carbocycles. The lowest BCUT2D eigenvalue weighted by Crippen LogP contribution is -2.10. The van der Waals surface area contributed by atoms with Gasteiger partial charge in [-0.25, -0.2) is 0 Å². The summed E-state index contributed by atoms with van der Waals surface area (Å²) in [5.41, 5.74) is 0. The Hall–Kier alpha value is -0.580. The highest BCUT2D eigenvalue weighted by molar-refractivity contribution is 9.10. The van der Waals surface area contributed by atoms with E-state index in [1.165, 1.54) is 9.75 Å². The standard InChI is InChI=1S/C12H14BrNOS/c1-2-10-4-5-11(16-10)8-14-7-9-3-6-12(13)15-9/h3-6,14H,2,7-8H2,1H3. The predicted molar refractivity (Wildman–Crippen MR) is 70.6 cm³/mol. The van der Waals surface area contributed by atoms with Crippen LogP contribution in [0.3, 0.4) is 0 Å². The highest BCUT2D eigenvalue weighted by Gasteiger charge is 2.01. The molecule has 0 amide bonds. The molecule has 86 valence electrons. The molecule has 0 aliphatic heterocycles. The molecule has 0 aromatic carbocycles. The van der Waals surface area contributed by atoms with E-state index in [1.807, 2.05) is 23.5 Å². The van der Waals surface area contributed by atoms with Crippen LogP contribution in [0, 0.1) is 0 Å². The van der Waals surface area contributed by atoms with Crippen LogP contribution in [0.25, 0.3) is 0 Å². The molecule has 0 aliphatic rings. The molecule has 16 heavy (non-hydrogen) atoms. The van der Waals surface area contributed by atoms with Crippen LogP contribution in [0.4, 0.5) is 0 Å². The van der Waals surface area contributed by atoms with Gasteiger partial charge in [-0.3, -0.25) is 0 Å². The summed E-state index contributed by atoms with van der Waals surface area (Å²) in [5, 5.41) is 3.36. The molecule has 1 N–H and O–H groups in total. The number of hydrogen-bond donors (Lipinski definition) is 1. The highest BCUT2D eigenvalue weighted by Crippen LogP contribution is 2.17. The van der Waals surface area contributed by atoms with Gasteiger partial charge in [-0.2, -0.15) is 0 Å². The summed E-state index contributed by atoms with van der Waals surface area (Å²) >= 11 is 5.16. The monoisotopic (exact) mass is 299 g/mol. The first-order chi connectivity index (χ1) is 7.78. The van der Waals surface area contributed by atoms with Crippen LogP contribution in [-0.2, 0) is 19.5 Å². The topological polar surface area (TPSA) is 25.2 Å². The smallest absolute Gasteiger partial charge is 0.169 e. The molecular weight excluding hydrogens is 286 g/mol. The lowest BCUT2D eigenvalue weighted by molar-refractivity contribution is 0.466. The Morgan fingerprint density at radius 2 is 2.00 bits per heavy atom. The second kappa shape index (κ2) is 5.66. The minimum Gasteiger partial charge on any atom is -0.453 e. The molecule has 2 aromatic heterocycles. The Balaban J connectivity index is 1.79. The molecule has 0 saturated heterocycles. The van der Waals surface area contributed by atoms with E-state index >= 15 is 0 Å². The third-order valence-corrected chi connectivity index (χ3v) is 3.95. The van der Waals surface area contributed by atoms with Gasteiger partial charge in [0.05, 0.1) is 6.54 Å². The van der Waals surface area contributed by atoms with Crippen molar-refractivity contribution < 1.29 is 4.42 Å². The average Bonchev–Trinajstić information content (AvgIpc) is 2.88.